The fourth-order valence-electron chi connectivity index (χ4n) is 8.21. The summed E-state index contributed by atoms with van der Waals surface area (Å²) in [7, 11) is 0. The lowest BCUT2D eigenvalue weighted by atomic mass is 9.95. The van der Waals surface area contributed by atoms with Crippen LogP contribution in [0.3, 0.4) is 0 Å². The van der Waals surface area contributed by atoms with Crippen molar-refractivity contribution in [1.82, 2.24) is 20.1 Å². The molecular weight excluding hydrogens is 834 g/mol. The van der Waals surface area contributed by atoms with E-state index >= 15 is 0 Å². The van der Waals surface area contributed by atoms with Crippen molar-refractivity contribution in [3.63, 3.8) is 0 Å². The van der Waals surface area contributed by atoms with E-state index in [1.807, 2.05) is 36.5 Å². The number of nitrogens with one attached hydrogen (secondary N) is 3. The van der Waals surface area contributed by atoms with Gasteiger partial charge >= 0.3 is 0 Å². The van der Waals surface area contributed by atoms with Gasteiger partial charge in [0, 0.05) is 76.6 Å². The Balaban J connectivity index is 0.706. The van der Waals surface area contributed by atoms with Crippen molar-refractivity contribution in [3.8, 4) is 0 Å². The quantitative estimate of drug-likeness (QED) is 0.0882. The van der Waals surface area contributed by atoms with Crippen LogP contribution in [-0.4, -0.2) is 156 Å². The highest BCUT2D eigenvalue weighted by molar-refractivity contribution is 6.11. The van der Waals surface area contributed by atoms with Crippen LogP contribution in [0.15, 0.2) is 89.0 Å². The second-order valence-corrected chi connectivity index (χ2v) is 16.1. The Morgan fingerprint density at radius 2 is 1.58 bits per heavy atom. The molecule has 2 saturated heterocycles. The SMILES string of the molecule is CC(=O)Nc1cc(NCCOCCOCCOCCOCCNC(=O)CN2CCN(c3cccc(C4=CN=C5C=CC(N6CCCC6c6cccc(F)c6)=NC5C4)n3)CC2)ccc1C=O. The number of carbonyl (C=O) groups excluding carboxylic acids is 3. The molecule has 5 heterocycles. The molecule has 7 rings (SSSR count). The van der Waals surface area contributed by atoms with E-state index in [1.54, 1.807) is 30.3 Å². The van der Waals surface area contributed by atoms with E-state index in [2.05, 4.69) is 36.7 Å². The summed E-state index contributed by atoms with van der Waals surface area (Å²) in [4.78, 5) is 56.9. The maximum Gasteiger partial charge on any atom is 0.234 e. The van der Waals surface area contributed by atoms with Crippen LogP contribution in [0.1, 0.15) is 53.8 Å². The number of halogens is 1. The number of aldehydes is 1. The summed E-state index contributed by atoms with van der Waals surface area (Å²) in [6.45, 7) is 10.1. The number of rotatable bonds is 23. The molecule has 3 aromatic rings. The molecule has 2 amide bonds. The Morgan fingerprint density at radius 1 is 0.846 bits per heavy atom. The zero-order valence-corrected chi connectivity index (χ0v) is 37.1. The number of pyridine rings is 1. The summed E-state index contributed by atoms with van der Waals surface area (Å²) in [6.07, 6.45) is 9.43. The van der Waals surface area contributed by atoms with Gasteiger partial charge in [-0.2, -0.15) is 0 Å². The summed E-state index contributed by atoms with van der Waals surface area (Å²) in [5.41, 5.74) is 5.51. The number of aromatic nitrogens is 1. The monoisotopic (exact) mass is 893 g/mol. The minimum atomic E-state index is -0.244. The maximum atomic E-state index is 14.1. The molecule has 3 N–H and O–H groups in total. The summed E-state index contributed by atoms with van der Waals surface area (Å²) >= 11 is 0. The van der Waals surface area contributed by atoms with E-state index in [0.717, 1.165) is 85.4 Å². The predicted molar refractivity (Wildman–Crippen MR) is 249 cm³/mol. The van der Waals surface area contributed by atoms with Gasteiger partial charge in [0.15, 0.2) is 6.29 Å². The number of aliphatic imine (C=N–C) groups is 2. The third-order valence-corrected chi connectivity index (χ3v) is 11.5. The highest BCUT2D eigenvalue weighted by atomic mass is 19.1. The minimum Gasteiger partial charge on any atom is -0.383 e. The summed E-state index contributed by atoms with van der Waals surface area (Å²) < 4.78 is 36.4. The molecular formula is C48H60FN9O7. The van der Waals surface area contributed by atoms with Gasteiger partial charge in [0.1, 0.15) is 17.5 Å². The number of carbonyl (C=O) groups is 3. The zero-order valence-electron chi connectivity index (χ0n) is 37.1. The van der Waals surface area contributed by atoms with Crippen LogP contribution < -0.4 is 20.9 Å². The first-order chi connectivity index (χ1) is 31.8. The van der Waals surface area contributed by atoms with Gasteiger partial charge in [-0.05, 0) is 78.6 Å². The van der Waals surface area contributed by atoms with E-state index < -0.39 is 0 Å². The summed E-state index contributed by atoms with van der Waals surface area (Å²) in [5.74, 6) is 1.35. The van der Waals surface area contributed by atoms with Crippen molar-refractivity contribution >= 4 is 52.4 Å². The molecule has 4 aliphatic rings. The Kier molecular flexibility index (Phi) is 17.7. The lowest BCUT2D eigenvalue weighted by molar-refractivity contribution is -0.122. The Labute approximate surface area is 379 Å². The third-order valence-electron chi connectivity index (χ3n) is 11.5. The summed E-state index contributed by atoms with van der Waals surface area (Å²) in [6, 6.07) is 18.2. The van der Waals surface area contributed by atoms with E-state index in [-0.39, 0.29) is 29.7 Å². The first kappa shape index (κ1) is 47.1. The van der Waals surface area contributed by atoms with Gasteiger partial charge in [0.25, 0.3) is 0 Å². The third kappa shape index (κ3) is 14.1. The molecule has 2 fully saturated rings. The topological polar surface area (TPSA) is 172 Å². The molecule has 4 aliphatic heterocycles. The number of hydrogen-bond donors (Lipinski definition) is 3. The fourth-order valence-corrected chi connectivity index (χ4v) is 8.21. The number of ether oxygens (including phenoxy) is 4. The molecule has 2 atom stereocenters. The molecule has 0 bridgehead atoms. The summed E-state index contributed by atoms with van der Waals surface area (Å²) in [5, 5.41) is 8.81. The van der Waals surface area contributed by atoms with Crippen LogP contribution in [0, 0.1) is 5.82 Å². The lowest BCUT2D eigenvalue weighted by Gasteiger charge is -2.35. The van der Waals surface area contributed by atoms with Crippen molar-refractivity contribution in [2.24, 2.45) is 9.98 Å². The van der Waals surface area contributed by atoms with Crippen LogP contribution >= 0.6 is 0 Å². The van der Waals surface area contributed by atoms with E-state index in [0.29, 0.717) is 96.4 Å². The highest BCUT2D eigenvalue weighted by Gasteiger charge is 2.32. The Bertz CT molecular complexity index is 2210. The largest absolute Gasteiger partial charge is 0.383 e. The molecule has 16 nitrogen and oxygen atoms in total. The number of anilines is 3. The first-order valence-electron chi connectivity index (χ1n) is 22.5. The van der Waals surface area contributed by atoms with Crippen LogP contribution in [0.25, 0.3) is 5.57 Å². The van der Waals surface area contributed by atoms with Gasteiger partial charge in [-0.15, -0.1) is 0 Å². The number of piperazine rings is 1. The van der Waals surface area contributed by atoms with Crippen molar-refractivity contribution in [2.45, 2.75) is 38.3 Å². The molecule has 17 heteroatoms. The molecule has 0 spiro atoms. The average Bonchev–Trinajstić information content (AvgIpc) is 3.82. The minimum absolute atomic E-state index is 0.0276. The van der Waals surface area contributed by atoms with Crippen molar-refractivity contribution in [1.29, 1.82) is 0 Å². The Morgan fingerprint density at radius 3 is 2.32 bits per heavy atom. The van der Waals surface area contributed by atoms with E-state index in [4.69, 9.17) is 33.9 Å². The standard InChI is InChI=1S/C48H60FN9O7/c1-35(60)53-43-31-40(11-10-37(43)34-59)50-14-21-62-23-25-64-27-28-65-26-24-63-22-15-51-48(61)33-56-17-19-57(20-18-56)46-9-3-7-41(54-46)38-30-44-42(52-32-38)12-13-47(55-44)58-16-4-8-45(58)36-5-2-6-39(49)29-36/h2-3,5-7,9-13,29,31-32,34,44-45,50H,4,8,14-28,30,33H2,1H3,(H,51,61)(H,53,60). The lowest BCUT2D eigenvalue weighted by Crippen LogP contribution is -2.50. The molecule has 2 aromatic carbocycles. The van der Waals surface area contributed by atoms with Gasteiger partial charge in [0.2, 0.25) is 11.8 Å². The molecule has 65 heavy (non-hydrogen) atoms. The number of amides is 2. The van der Waals surface area contributed by atoms with Crippen LogP contribution in [0.2, 0.25) is 0 Å². The van der Waals surface area contributed by atoms with Crippen molar-refractivity contribution < 1.29 is 37.7 Å². The van der Waals surface area contributed by atoms with E-state index in [1.165, 1.54) is 13.0 Å². The molecule has 0 aliphatic carbocycles. The number of hydrogen-bond acceptors (Lipinski definition) is 14. The number of benzene rings is 2. The number of amidine groups is 1. The molecule has 1 aromatic heterocycles. The number of dihydropyridines is 1. The van der Waals surface area contributed by atoms with Crippen LogP contribution in [0.4, 0.5) is 21.6 Å². The van der Waals surface area contributed by atoms with Gasteiger partial charge in [-0.25, -0.2) is 9.37 Å². The van der Waals surface area contributed by atoms with E-state index in [9.17, 15) is 18.8 Å². The first-order valence-corrected chi connectivity index (χ1v) is 22.5. The van der Waals surface area contributed by atoms with Gasteiger partial charge in [-0.1, -0.05) is 18.2 Å². The molecule has 0 radical (unpaired) electrons. The Hall–Kier alpha value is -5.85. The van der Waals surface area contributed by atoms with Gasteiger partial charge in [0.05, 0.1) is 88.6 Å². The smallest absolute Gasteiger partial charge is 0.234 e. The maximum absolute atomic E-state index is 14.1. The number of nitrogens with zero attached hydrogens (tertiary/aromatic N) is 6. The van der Waals surface area contributed by atoms with Crippen molar-refractivity contribution in [2.75, 3.05) is 121 Å². The number of fused-ring (bicyclic) bond motifs is 1. The second kappa shape index (κ2) is 24.4. The fraction of sp³-hybridized carbons (Fsp3) is 0.458. The highest BCUT2D eigenvalue weighted by Crippen LogP contribution is 2.35. The van der Waals surface area contributed by atoms with Crippen LogP contribution in [0.5, 0.6) is 0 Å². The molecule has 346 valence electrons. The zero-order chi connectivity index (χ0) is 45.2. The molecule has 2 unspecified atom stereocenters. The van der Waals surface area contributed by atoms with Crippen LogP contribution in [-0.2, 0) is 28.5 Å². The van der Waals surface area contributed by atoms with Gasteiger partial charge < -0.3 is 44.7 Å². The van der Waals surface area contributed by atoms with Gasteiger partial charge in [-0.3, -0.25) is 29.3 Å². The normalized spacial score (nSPS) is 18.4. The van der Waals surface area contributed by atoms with Crippen molar-refractivity contribution in [3.05, 3.63) is 102 Å². The molecule has 0 saturated carbocycles. The number of likely N-dealkylation sites (tertiary alicyclic amines) is 1. The average molecular weight is 894 g/mol. The second-order valence-electron chi connectivity index (χ2n) is 16.1. The predicted octanol–water partition coefficient (Wildman–Crippen LogP) is 4.77.